The second-order valence-corrected chi connectivity index (χ2v) is 9.80. The Hall–Kier alpha value is -3.93. The van der Waals surface area contributed by atoms with Crippen molar-refractivity contribution in [1.82, 2.24) is 9.80 Å². The van der Waals surface area contributed by atoms with Gasteiger partial charge in [-0.15, -0.1) is 0 Å². The van der Waals surface area contributed by atoms with Gasteiger partial charge < -0.3 is 14.5 Å². The molecule has 4 aliphatic rings. The van der Waals surface area contributed by atoms with Crippen molar-refractivity contribution in [3.8, 4) is 16.9 Å². The minimum absolute atomic E-state index is 0.0410. The maximum atomic E-state index is 13.7. The minimum Gasteiger partial charge on any atom is -0.482 e. The van der Waals surface area contributed by atoms with Crippen molar-refractivity contribution in [2.45, 2.75) is 37.3 Å². The molecule has 0 aromatic heterocycles. The molecule has 0 bridgehead atoms. The standard InChI is InChI=1S/C29H27N3O3/c1-28(20-26(33)30-25-9-5-6-16-32(25)28)27(34)31-17-14-29(15-18-31)13-12-23-19-22(10-11-24(23)35-29)21-7-3-2-4-8-21/h2-13,16,19H,14-15,17-18,20H2,1H3. The highest BCUT2D eigenvalue weighted by Gasteiger charge is 2.49. The third-order valence-corrected chi connectivity index (χ3v) is 7.46. The Balaban J connectivity index is 1.17. The molecule has 1 atom stereocenters. The van der Waals surface area contributed by atoms with Crippen LogP contribution in [0.25, 0.3) is 17.2 Å². The van der Waals surface area contributed by atoms with E-state index < -0.39 is 11.1 Å². The number of hydrogen-bond donors (Lipinski definition) is 0. The first-order valence-electron chi connectivity index (χ1n) is 12.1. The van der Waals surface area contributed by atoms with Crippen LogP contribution in [0.3, 0.4) is 0 Å². The van der Waals surface area contributed by atoms with Crippen LogP contribution < -0.4 is 4.74 Å². The number of piperidine rings is 1. The van der Waals surface area contributed by atoms with E-state index in [-0.39, 0.29) is 18.2 Å². The normalized spacial score (nSPS) is 24.0. The maximum Gasteiger partial charge on any atom is 0.250 e. The second kappa shape index (κ2) is 8.08. The van der Waals surface area contributed by atoms with Crippen LogP contribution in [0.4, 0.5) is 0 Å². The summed E-state index contributed by atoms with van der Waals surface area (Å²) < 4.78 is 6.52. The number of carbonyl (C=O) groups excluding carboxylic acids is 2. The number of likely N-dealkylation sites (tertiary alicyclic amines) is 1. The topological polar surface area (TPSA) is 62.2 Å². The van der Waals surface area contributed by atoms with Gasteiger partial charge >= 0.3 is 0 Å². The van der Waals surface area contributed by atoms with E-state index in [1.54, 1.807) is 6.08 Å². The Kier molecular flexibility index (Phi) is 4.99. The zero-order valence-corrected chi connectivity index (χ0v) is 19.7. The van der Waals surface area contributed by atoms with E-state index in [1.165, 1.54) is 5.56 Å². The Labute approximate surface area is 204 Å². The van der Waals surface area contributed by atoms with Gasteiger partial charge in [-0.25, -0.2) is 0 Å². The van der Waals surface area contributed by atoms with Crippen LogP contribution >= 0.6 is 0 Å². The van der Waals surface area contributed by atoms with E-state index >= 15 is 0 Å². The quantitative estimate of drug-likeness (QED) is 0.651. The molecule has 2 aromatic carbocycles. The Morgan fingerprint density at radius 2 is 1.80 bits per heavy atom. The first kappa shape index (κ1) is 21.6. The molecule has 0 N–H and O–H groups in total. The number of hydrogen-bond acceptors (Lipinski definition) is 4. The van der Waals surface area contributed by atoms with E-state index in [1.807, 2.05) is 59.3 Å². The molecule has 1 spiro atoms. The first-order valence-corrected chi connectivity index (χ1v) is 12.1. The van der Waals surface area contributed by atoms with Crippen molar-refractivity contribution in [3.63, 3.8) is 0 Å². The van der Waals surface area contributed by atoms with Crippen LogP contribution in [0.5, 0.6) is 5.75 Å². The van der Waals surface area contributed by atoms with Crippen LogP contribution in [0.2, 0.25) is 0 Å². The van der Waals surface area contributed by atoms with Crippen LogP contribution in [0.15, 0.2) is 84.0 Å². The lowest BCUT2D eigenvalue weighted by Gasteiger charge is -2.47. The highest BCUT2D eigenvalue weighted by atomic mass is 16.5. The summed E-state index contributed by atoms with van der Waals surface area (Å²) in [6.07, 6.45) is 13.1. The Morgan fingerprint density at radius 3 is 2.60 bits per heavy atom. The number of aliphatic imine (C=N–C) groups is 1. The molecular weight excluding hydrogens is 438 g/mol. The largest absolute Gasteiger partial charge is 0.482 e. The molecule has 1 fully saturated rings. The maximum absolute atomic E-state index is 13.7. The zero-order valence-electron chi connectivity index (χ0n) is 19.7. The number of nitrogens with zero attached hydrogens (tertiary/aromatic N) is 3. The summed E-state index contributed by atoms with van der Waals surface area (Å²) in [5.74, 6) is 1.10. The van der Waals surface area contributed by atoms with E-state index in [4.69, 9.17) is 4.74 Å². The molecular formula is C29H27N3O3. The van der Waals surface area contributed by atoms with Crippen molar-refractivity contribution in [2.24, 2.45) is 4.99 Å². The molecule has 2 aromatic rings. The average Bonchev–Trinajstić information content (AvgIpc) is 2.89. The van der Waals surface area contributed by atoms with Gasteiger partial charge in [0, 0.05) is 37.7 Å². The average molecular weight is 466 g/mol. The van der Waals surface area contributed by atoms with E-state index in [0.29, 0.717) is 31.8 Å². The Bertz CT molecular complexity index is 1320. The molecule has 35 heavy (non-hydrogen) atoms. The van der Waals surface area contributed by atoms with Gasteiger partial charge in [0.2, 0.25) is 5.91 Å². The van der Waals surface area contributed by atoms with Gasteiger partial charge in [0.1, 0.15) is 22.7 Å². The second-order valence-electron chi connectivity index (χ2n) is 9.80. The number of rotatable bonds is 2. The SMILES string of the molecule is CC1(C(=O)N2CCC3(C=Cc4cc(-c5ccccc5)ccc4O3)CC2)CC(=O)N=C2C=CC=CN21. The summed E-state index contributed by atoms with van der Waals surface area (Å²) in [5, 5.41) is 0. The molecule has 4 aliphatic heterocycles. The molecule has 4 heterocycles. The Morgan fingerprint density at radius 1 is 1.00 bits per heavy atom. The van der Waals surface area contributed by atoms with Gasteiger partial charge in [-0.1, -0.05) is 48.6 Å². The molecule has 6 rings (SSSR count). The van der Waals surface area contributed by atoms with Gasteiger partial charge in [0.25, 0.3) is 5.91 Å². The predicted molar refractivity (Wildman–Crippen MR) is 136 cm³/mol. The van der Waals surface area contributed by atoms with Gasteiger partial charge in [-0.2, -0.15) is 4.99 Å². The number of ether oxygens (including phenoxy) is 1. The van der Waals surface area contributed by atoms with Crippen LogP contribution in [-0.2, 0) is 9.59 Å². The lowest BCUT2D eigenvalue weighted by molar-refractivity contribution is -0.146. The van der Waals surface area contributed by atoms with Crippen molar-refractivity contribution < 1.29 is 14.3 Å². The first-order chi connectivity index (χ1) is 17.0. The number of fused-ring (bicyclic) bond motifs is 2. The fourth-order valence-corrected chi connectivity index (χ4v) is 5.44. The van der Waals surface area contributed by atoms with Gasteiger partial charge in [0.15, 0.2) is 0 Å². The van der Waals surface area contributed by atoms with Crippen molar-refractivity contribution in [3.05, 3.63) is 84.6 Å². The molecule has 6 heteroatoms. The number of allylic oxidation sites excluding steroid dienone is 2. The molecule has 0 radical (unpaired) electrons. The van der Waals surface area contributed by atoms with Crippen LogP contribution in [-0.4, -0.2) is 51.7 Å². The minimum atomic E-state index is -0.969. The number of amidine groups is 1. The zero-order chi connectivity index (χ0) is 24.0. The number of benzene rings is 2. The smallest absolute Gasteiger partial charge is 0.250 e. The third-order valence-electron chi connectivity index (χ3n) is 7.46. The van der Waals surface area contributed by atoms with Crippen LogP contribution in [0.1, 0.15) is 31.7 Å². The van der Waals surface area contributed by atoms with Crippen LogP contribution in [0, 0.1) is 0 Å². The molecule has 176 valence electrons. The van der Waals surface area contributed by atoms with E-state index in [9.17, 15) is 9.59 Å². The summed E-state index contributed by atoms with van der Waals surface area (Å²) in [4.78, 5) is 33.8. The van der Waals surface area contributed by atoms with Crippen molar-refractivity contribution in [1.29, 1.82) is 0 Å². The monoisotopic (exact) mass is 465 g/mol. The summed E-state index contributed by atoms with van der Waals surface area (Å²) in [6, 6.07) is 16.6. The fraction of sp³-hybridized carbons (Fsp3) is 0.276. The number of amides is 2. The van der Waals surface area contributed by atoms with Crippen molar-refractivity contribution in [2.75, 3.05) is 13.1 Å². The van der Waals surface area contributed by atoms with Crippen molar-refractivity contribution >= 4 is 23.7 Å². The molecule has 0 aliphatic carbocycles. The molecule has 0 saturated carbocycles. The highest BCUT2D eigenvalue weighted by molar-refractivity contribution is 6.09. The van der Waals surface area contributed by atoms with Gasteiger partial charge in [-0.3, -0.25) is 9.59 Å². The molecule has 6 nitrogen and oxygen atoms in total. The molecule has 1 unspecified atom stereocenters. The summed E-state index contributed by atoms with van der Waals surface area (Å²) in [5.41, 5.74) is 2.03. The molecule has 1 saturated heterocycles. The van der Waals surface area contributed by atoms with Gasteiger partial charge in [-0.05, 0) is 48.4 Å². The third kappa shape index (κ3) is 3.70. The number of carbonyl (C=O) groups is 2. The summed E-state index contributed by atoms with van der Waals surface area (Å²) in [7, 11) is 0. The lowest BCUT2D eigenvalue weighted by atomic mass is 9.85. The summed E-state index contributed by atoms with van der Waals surface area (Å²) in [6.45, 7) is 2.99. The fourth-order valence-electron chi connectivity index (χ4n) is 5.44. The lowest BCUT2D eigenvalue weighted by Crippen LogP contribution is -2.62. The van der Waals surface area contributed by atoms with E-state index in [0.717, 1.165) is 16.9 Å². The predicted octanol–water partition coefficient (Wildman–Crippen LogP) is 4.59. The highest BCUT2D eigenvalue weighted by Crippen LogP contribution is 2.40. The van der Waals surface area contributed by atoms with Gasteiger partial charge in [0.05, 0.1) is 6.42 Å². The molecule has 2 amide bonds. The summed E-state index contributed by atoms with van der Waals surface area (Å²) >= 11 is 0. The van der Waals surface area contributed by atoms with E-state index in [2.05, 4.69) is 41.4 Å².